The van der Waals surface area contributed by atoms with Gasteiger partial charge in [-0.3, -0.25) is 14.5 Å². The van der Waals surface area contributed by atoms with Crippen molar-refractivity contribution in [1.29, 1.82) is 0 Å². The molecule has 5 nitrogen and oxygen atoms in total. The monoisotopic (exact) mass is 328 g/mol. The van der Waals surface area contributed by atoms with Crippen LogP contribution in [0.1, 0.15) is 5.56 Å². The minimum absolute atomic E-state index is 0.00106. The highest BCUT2D eigenvalue weighted by molar-refractivity contribution is 6.83. The van der Waals surface area contributed by atoms with Gasteiger partial charge in [0, 0.05) is 17.3 Å². The summed E-state index contributed by atoms with van der Waals surface area (Å²) in [7, 11) is -1.45. The number of hydrogen-bond donors (Lipinski definition) is 2. The van der Waals surface area contributed by atoms with E-state index < -0.39 is 19.9 Å². The lowest BCUT2D eigenvalue weighted by Crippen LogP contribution is -2.34. The van der Waals surface area contributed by atoms with Gasteiger partial charge in [-0.15, -0.1) is 5.54 Å². The molecule has 2 rings (SSSR count). The number of benzene rings is 1. The van der Waals surface area contributed by atoms with Crippen molar-refractivity contribution >= 4 is 25.6 Å². The van der Waals surface area contributed by atoms with Gasteiger partial charge in [0.2, 0.25) is 0 Å². The van der Waals surface area contributed by atoms with Crippen LogP contribution in [0, 0.1) is 11.5 Å². The summed E-state index contributed by atoms with van der Waals surface area (Å²) in [5, 5.41) is 11.9. The van der Waals surface area contributed by atoms with Crippen LogP contribution in [0.4, 0.5) is 5.69 Å². The van der Waals surface area contributed by atoms with Crippen molar-refractivity contribution in [3.63, 3.8) is 0 Å². The maximum atomic E-state index is 12.1. The Morgan fingerprint density at radius 2 is 2.00 bits per heavy atom. The molecular formula is C17H20N2O3Si. The molecule has 120 valence electrons. The summed E-state index contributed by atoms with van der Waals surface area (Å²) in [5.74, 6) is 2.31. The number of anilines is 1. The smallest absolute Gasteiger partial charge is 0.277 e. The third-order valence-electron chi connectivity index (χ3n) is 3.06. The first-order valence-corrected chi connectivity index (χ1v) is 10.9. The highest BCUT2D eigenvalue weighted by Crippen LogP contribution is 2.18. The number of aliphatic hydroxyl groups is 1. The summed E-state index contributed by atoms with van der Waals surface area (Å²) in [4.78, 5) is 24.8. The van der Waals surface area contributed by atoms with Crippen LogP contribution < -0.4 is 5.32 Å². The predicted octanol–water partition coefficient (Wildman–Crippen LogP) is 1.57. The van der Waals surface area contributed by atoms with E-state index in [1.165, 1.54) is 6.08 Å². The third-order valence-corrected chi connectivity index (χ3v) is 3.93. The van der Waals surface area contributed by atoms with Crippen LogP contribution in [0.25, 0.3) is 0 Å². The molecule has 0 saturated heterocycles. The number of β-amino-alcohol motifs (C(OH)–C–C–N with tert-alkyl or cyclic N) is 1. The zero-order chi connectivity index (χ0) is 17.0. The zero-order valence-electron chi connectivity index (χ0n) is 13.5. The van der Waals surface area contributed by atoms with E-state index in [1.54, 1.807) is 0 Å². The van der Waals surface area contributed by atoms with Crippen LogP contribution in [-0.2, 0) is 9.59 Å². The van der Waals surface area contributed by atoms with Crippen molar-refractivity contribution in [3.05, 3.63) is 41.6 Å². The second-order valence-electron chi connectivity index (χ2n) is 6.28. The van der Waals surface area contributed by atoms with Gasteiger partial charge in [-0.05, 0) is 18.2 Å². The third kappa shape index (κ3) is 4.55. The van der Waals surface area contributed by atoms with Gasteiger partial charge in [-0.2, -0.15) is 0 Å². The summed E-state index contributed by atoms with van der Waals surface area (Å²) < 4.78 is 0. The summed E-state index contributed by atoms with van der Waals surface area (Å²) in [6.45, 7) is 6.27. The first kappa shape index (κ1) is 17.0. The lowest BCUT2D eigenvalue weighted by Gasteiger charge is -2.13. The van der Waals surface area contributed by atoms with Gasteiger partial charge in [0.1, 0.15) is 13.8 Å². The SMILES string of the molecule is C[Si](C)(C)C#Cc1cccc(NC2=CC(=O)N(CCO)C2=O)c1. The number of nitrogens with zero attached hydrogens (tertiary/aromatic N) is 1. The van der Waals surface area contributed by atoms with Crippen molar-refractivity contribution in [2.75, 3.05) is 18.5 Å². The fourth-order valence-electron chi connectivity index (χ4n) is 2.00. The molecule has 0 atom stereocenters. The Labute approximate surface area is 137 Å². The second kappa shape index (κ2) is 6.81. The number of rotatable bonds is 4. The summed E-state index contributed by atoms with van der Waals surface area (Å²) >= 11 is 0. The molecule has 0 fully saturated rings. The van der Waals surface area contributed by atoms with Gasteiger partial charge in [-0.1, -0.05) is 31.6 Å². The van der Waals surface area contributed by atoms with Crippen LogP contribution in [0.3, 0.4) is 0 Å². The first-order valence-electron chi connectivity index (χ1n) is 7.39. The predicted molar refractivity (Wildman–Crippen MR) is 92.2 cm³/mol. The highest BCUT2D eigenvalue weighted by Gasteiger charge is 2.30. The van der Waals surface area contributed by atoms with Crippen molar-refractivity contribution in [2.24, 2.45) is 0 Å². The van der Waals surface area contributed by atoms with E-state index in [4.69, 9.17) is 5.11 Å². The lowest BCUT2D eigenvalue weighted by atomic mass is 10.2. The quantitative estimate of drug-likeness (QED) is 0.500. The fourth-order valence-corrected chi connectivity index (χ4v) is 2.52. The van der Waals surface area contributed by atoms with E-state index in [0.29, 0.717) is 5.69 Å². The number of nitrogens with one attached hydrogen (secondary N) is 1. The molecule has 0 aliphatic carbocycles. The van der Waals surface area contributed by atoms with Gasteiger partial charge in [0.05, 0.1) is 13.2 Å². The first-order chi connectivity index (χ1) is 10.8. The molecule has 23 heavy (non-hydrogen) atoms. The Bertz CT molecular complexity index is 723. The van der Waals surface area contributed by atoms with E-state index in [-0.39, 0.29) is 18.8 Å². The molecule has 2 N–H and O–H groups in total. The Hall–Kier alpha value is -2.36. The lowest BCUT2D eigenvalue weighted by molar-refractivity contribution is -0.137. The van der Waals surface area contributed by atoms with Crippen molar-refractivity contribution in [3.8, 4) is 11.5 Å². The van der Waals surface area contributed by atoms with Gasteiger partial charge in [-0.25, -0.2) is 0 Å². The summed E-state index contributed by atoms with van der Waals surface area (Å²) in [6.07, 6.45) is 1.25. The minimum atomic E-state index is -1.45. The number of imide groups is 1. The second-order valence-corrected chi connectivity index (χ2v) is 11.0. The van der Waals surface area contributed by atoms with Crippen molar-refractivity contribution in [1.82, 2.24) is 4.90 Å². The van der Waals surface area contributed by atoms with E-state index in [1.807, 2.05) is 24.3 Å². The Morgan fingerprint density at radius 3 is 2.65 bits per heavy atom. The topological polar surface area (TPSA) is 69.6 Å². The molecule has 2 amide bonds. The van der Waals surface area contributed by atoms with Gasteiger partial charge < -0.3 is 10.4 Å². The Kier molecular flexibility index (Phi) is 5.04. The van der Waals surface area contributed by atoms with E-state index in [0.717, 1.165) is 10.5 Å². The summed E-state index contributed by atoms with van der Waals surface area (Å²) in [6, 6.07) is 7.42. The molecule has 1 heterocycles. The molecule has 0 bridgehead atoms. The van der Waals surface area contributed by atoms with Crippen LogP contribution in [0.2, 0.25) is 19.6 Å². The Morgan fingerprint density at radius 1 is 1.26 bits per heavy atom. The van der Waals surface area contributed by atoms with Crippen LogP contribution >= 0.6 is 0 Å². The number of carbonyl (C=O) groups is 2. The maximum absolute atomic E-state index is 12.1. The van der Waals surface area contributed by atoms with Crippen LogP contribution in [0.5, 0.6) is 0 Å². The normalized spacial score (nSPS) is 14.4. The molecule has 0 unspecified atom stereocenters. The average molecular weight is 328 g/mol. The molecule has 0 aromatic heterocycles. The number of aliphatic hydroxyl groups excluding tert-OH is 1. The van der Waals surface area contributed by atoms with Crippen molar-refractivity contribution in [2.45, 2.75) is 19.6 Å². The maximum Gasteiger partial charge on any atom is 0.277 e. The van der Waals surface area contributed by atoms with Crippen LogP contribution in [0.15, 0.2) is 36.0 Å². The number of carbonyl (C=O) groups excluding carboxylic acids is 2. The molecule has 1 aromatic carbocycles. The molecule has 6 heteroatoms. The molecule has 1 aliphatic heterocycles. The van der Waals surface area contributed by atoms with Gasteiger partial charge >= 0.3 is 0 Å². The summed E-state index contributed by atoms with van der Waals surface area (Å²) in [5.41, 5.74) is 5.06. The highest BCUT2D eigenvalue weighted by atomic mass is 28.3. The van der Waals surface area contributed by atoms with E-state index in [9.17, 15) is 9.59 Å². The number of hydrogen-bond acceptors (Lipinski definition) is 4. The number of amides is 2. The molecule has 0 radical (unpaired) electrons. The van der Waals surface area contributed by atoms with Gasteiger partial charge in [0.15, 0.2) is 0 Å². The molecule has 0 spiro atoms. The van der Waals surface area contributed by atoms with Crippen LogP contribution in [-0.4, -0.2) is 43.0 Å². The zero-order valence-corrected chi connectivity index (χ0v) is 14.5. The average Bonchev–Trinajstić information content (AvgIpc) is 2.73. The van der Waals surface area contributed by atoms with Crippen molar-refractivity contribution < 1.29 is 14.7 Å². The van der Waals surface area contributed by atoms with Gasteiger partial charge in [0.25, 0.3) is 11.8 Å². The fraction of sp³-hybridized carbons (Fsp3) is 0.294. The Balaban J connectivity index is 2.15. The van der Waals surface area contributed by atoms with E-state index >= 15 is 0 Å². The molecule has 1 aromatic rings. The standard InChI is InChI=1S/C17H20N2O3Si/c1-23(2,3)10-7-13-5-4-6-14(11-13)18-15-12-16(21)19(8-9-20)17(15)22/h4-6,11-12,18,20H,8-9H2,1-3H3. The molecule has 0 saturated carbocycles. The molecular weight excluding hydrogens is 308 g/mol. The van der Waals surface area contributed by atoms with E-state index in [2.05, 4.69) is 36.4 Å². The largest absolute Gasteiger partial charge is 0.395 e. The minimum Gasteiger partial charge on any atom is -0.395 e. The molecule has 1 aliphatic rings.